The first-order chi connectivity index (χ1) is 13.4. The first-order valence-electron chi connectivity index (χ1n) is 8.89. The highest BCUT2D eigenvalue weighted by atomic mass is 35.5. The largest absolute Gasteiger partial charge is 0.493 e. The second-order valence-corrected chi connectivity index (χ2v) is 7.85. The molecule has 0 radical (unpaired) electrons. The van der Waals surface area contributed by atoms with Gasteiger partial charge < -0.3 is 14.4 Å². The molecule has 7 nitrogen and oxygen atoms in total. The molecule has 0 saturated carbocycles. The van der Waals surface area contributed by atoms with E-state index < -0.39 is 11.1 Å². The topological polar surface area (TPSA) is 76.2 Å². The quantitative estimate of drug-likeness (QED) is 0.674. The fourth-order valence-electron chi connectivity index (χ4n) is 3.19. The number of ether oxygens (including phenoxy) is 2. The van der Waals surface area contributed by atoms with Gasteiger partial charge in [0.2, 0.25) is 5.91 Å². The number of rotatable bonds is 5. The van der Waals surface area contributed by atoms with E-state index in [1.165, 1.54) is 14.2 Å². The fraction of sp³-hybridized carbons (Fsp3) is 0.421. The molecule has 0 bridgehead atoms. The van der Waals surface area contributed by atoms with Gasteiger partial charge in [-0.2, -0.15) is 0 Å². The van der Waals surface area contributed by atoms with Gasteiger partial charge in [0.25, 0.3) is 11.1 Å². The van der Waals surface area contributed by atoms with Crippen LogP contribution in [0.5, 0.6) is 11.5 Å². The van der Waals surface area contributed by atoms with Crippen molar-refractivity contribution < 1.29 is 23.9 Å². The lowest BCUT2D eigenvalue weighted by Crippen LogP contribution is -2.44. The molecule has 2 saturated heterocycles. The van der Waals surface area contributed by atoms with Gasteiger partial charge in [0, 0.05) is 13.1 Å². The number of carbonyl (C=O) groups excluding carboxylic acids is 3. The van der Waals surface area contributed by atoms with Crippen molar-refractivity contribution in [2.45, 2.75) is 19.3 Å². The zero-order valence-electron chi connectivity index (χ0n) is 15.7. The average Bonchev–Trinajstić information content (AvgIpc) is 2.95. The molecule has 2 heterocycles. The van der Waals surface area contributed by atoms with E-state index >= 15 is 0 Å². The maximum absolute atomic E-state index is 12.7. The predicted octanol–water partition coefficient (Wildman–Crippen LogP) is 3.41. The predicted molar refractivity (Wildman–Crippen MR) is 108 cm³/mol. The Morgan fingerprint density at radius 3 is 2.54 bits per heavy atom. The van der Waals surface area contributed by atoms with Crippen LogP contribution in [-0.2, 0) is 9.59 Å². The summed E-state index contributed by atoms with van der Waals surface area (Å²) in [7, 11) is 2.96. The minimum absolute atomic E-state index is 0.197. The van der Waals surface area contributed by atoms with Gasteiger partial charge in [-0.3, -0.25) is 19.3 Å². The third-order valence-corrected chi connectivity index (χ3v) is 5.82. The van der Waals surface area contributed by atoms with Crippen molar-refractivity contribution in [1.29, 1.82) is 0 Å². The van der Waals surface area contributed by atoms with Gasteiger partial charge >= 0.3 is 0 Å². The molecule has 2 aliphatic rings. The monoisotopic (exact) mass is 424 g/mol. The molecule has 1 aromatic carbocycles. The molecule has 1 aromatic rings. The van der Waals surface area contributed by atoms with Crippen molar-refractivity contribution >= 4 is 46.5 Å². The Balaban J connectivity index is 1.77. The van der Waals surface area contributed by atoms with Crippen molar-refractivity contribution in [2.75, 3.05) is 33.9 Å². The van der Waals surface area contributed by atoms with Crippen LogP contribution in [-0.4, -0.2) is 60.7 Å². The van der Waals surface area contributed by atoms with E-state index in [4.69, 9.17) is 21.1 Å². The van der Waals surface area contributed by atoms with Crippen LogP contribution in [0.2, 0.25) is 5.02 Å². The summed E-state index contributed by atoms with van der Waals surface area (Å²) in [5, 5.41) is -0.124. The van der Waals surface area contributed by atoms with Crippen LogP contribution >= 0.6 is 23.4 Å². The number of halogens is 1. The lowest BCUT2D eigenvalue weighted by molar-refractivity contribution is -0.136. The Labute approximate surface area is 172 Å². The van der Waals surface area contributed by atoms with Gasteiger partial charge in [0.15, 0.2) is 11.5 Å². The molecule has 0 unspecified atom stereocenters. The van der Waals surface area contributed by atoms with Crippen molar-refractivity contribution in [2.24, 2.45) is 0 Å². The summed E-state index contributed by atoms with van der Waals surface area (Å²) in [5.41, 5.74) is 0.593. The number of methoxy groups -OCH3 is 2. The Kier molecular flexibility index (Phi) is 6.51. The SMILES string of the molecule is COc1cc(/C=C2\SC(=O)N(CC(=O)N3CCCCC3)C2=O)cc(Cl)c1OC. The third kappa shape index (κ3) is 4.28. The molecule has 0 N–H and O–H groups in total. The van der Waals surface area contributed by atoms with E-state index in [0.717, 1.165) is 35.9 Å². The number of carbonyl (C=O) groups is 3. The van der Waals surface area contributed by atoms with Gasteiger partial charge in [-0.25, -0.2) is 0 Å². The molecule has 2 fully saturated rings. The number of amides is 3. The summed E-state index contributed by atoms with van der Waals surface area (Å²) in [5.74, 6) is 0.131. The Hall–Kier alpha value is -2.19. The van der Waals surface area contributed by atoms with Crippen molar-refractivity contribution in [3.63, 3.8) is 0 Å². The molecule has 0 atom stereocenters. The second kappa shape index (κ2) is 8.87. The lowest BCUT2D eigenvalue weighted by Gasteiger charge is -2.27. The normalized spacial score (nSPS) is 18.8. The van der Waals surface area contributed by atoms with Gasteiger partial charge in [0.1, 0.15) is 6.54 Å². The number of likely N-dealkylation sites (tertiary alicyclic amines) is 1. The zero-order valence-corrected chi connectivity index (χ0v) is 17.3. The van der Waals surface area contributed by atoms with Gasteiger partial charge in [-0.05, 0) is 54.8 Å². The minimum Gasteiger partial charge on any atom is -0.493 e. The third-order valence-electron chi connectivity index (χ3n) is 4.63. The first kappa shape index (κ1) is 20.5. The van der Waals surface area contributed by atoms with Crippen molar-refractivity contribution in [1.82, 2.24) is 9.80 Å². The number of hydrogen-bond acceptors (Lipinski definition) is 6. The van der Waals surface area contributed by atoms with Crippen molar-refractivity contribution in [3.05, 3.63) is 27.6 Å². The molecule has 3 rings (SSSR count). The van der Waals surface area contributed by atoms with Gasteiger partial charge in [-0.15, -0.1) is 0 Å². The average molecular weight is 425 g/mol. The van der Waals surface area contributed by atoms with Crippen LogP contribution < -0.4 is 9.47 Å². The smallest absolute Gasteiger partial charge is 0.294 e. The number of imide groups is 1. The van der Waals surface area contributed by atoms with Crippen LogP contribution in [0, 0.1) is 0 Å². The zero-order chi connectivity index (χ0) is 20.3. The minimum atomic E-state index is -0.480. The molecule has 0 aliphatic carbocycles. The van der Waals surface area contributed by atoms with Crippen LogP contribution in [0.15, 0.2) is 17.0 Å². The number of nitrogens with zero attached hydrogens (tertiary/aromatic N) is 2. The highest BCUT2D eigenvalue weighted by Gasteiger charge is 2.37. The summed E-state index contributed by atoms with van der Waals surface area (Å²) < 4.78 is 10.4. The van der Waals surface area contributed by atoms with Gasteiger partial charge in [0.05, 0.1) is 24.1 Å². The molecular formula is C19H21ClN2O5S. The van der Waals surface area contributed by atoms with Crippen molar-refractivity contribution in [3.8, 4) is 11.5 Å². The highest BCUT2D eigenvalue weighted by molar-refractivity contribution is 8.18. The van der Waals surface area contributed by atoms with E-state index in [0.29, 0.717) is 35.2 Å². The maximum atomic E-state index is 12.7. The van der Waals surface area contributed by atoms with E-state index in [-0.39, 0.29) is 17.4 Å². The Morgan fingerprint density at radius 2 is 1.89 bits per heavy atom. The molecule has 28 heavy (non-hydrogen) atoms. The maximum Gasteiger partial charge on any atom is 0.294 e. The van der Waals surface area contributed by atoms with E-state index in [9.17, 15) is 14.4 Å². The van der Waals surface area contributed by atoms with Crippen LogP contribution in [0.25, 0.3) is 6.08 Å². The first-order valence-corrected chi connectivity index (χ1v) is 10.1. The Bertz CT molecular complexity index is 836. The summed E-state index contributed by atoms with van der Waals surface area (Å²) >= 11 is 7.00. The fourth-order valence-corrected chi connectivity index (χ4v) is 4.32. The van der Waals surface area contributed by atoms with E-state index in [2.05, 4.69) is 0 Å². The van der Waals surface area contributed by atoms with Crippen LogP contribution in [0.3, 0.4) is 0 Å². The molecular weight excluding hydrogens is 404 g/mol. The number of benzene rings is 1. The number of piperidine rings is 1. The molecule has 0 spiro atoms. The van der Waals surface area contributed by atoms with Crippen LogP contribution in [0.4, 0.5) is 4.79 Å². The highest BCUT2D eigenvalue weighted by Crippen LogP contribution is 2.38. The Morgan fingerprint density at radius 1 is 1.18 bits per heavy atom. The summed E-state index contributed by atoms with van der Waals surface area (Å²) in [6.07, 6.45) is 4.56. The second-order valence-electron chi connectivity index (χ2n) is 6.45. The summed E-state index contributed by atoms with van der Waals surface area (Å²) in [4.78, 5) is 40.3. The molecule has 150 valence electrons. The standard InChI is InChI=1S/C19H21ClN2O5S/c1-26-14-9-12(8-13(20)17(14)27-2)10-15-18(24)22(19(25)28-15)11-16(23)21-6-4-3-5-7-21/h8-10H,3-7,11H2,1-2H3/b15-10-. The van der Waals surface area contributed by atoms with E-state index in [1.54, 1.807) is 23.1 Å². The lowest BCUT2D eigenvalue weighted by atomic mass is 10.1. The molecule has 2 aliphatic heterocycles. The van der Waals surface area contributed by atoms with Gasteiger partial charge in [-0.1, -0.05) is 11.6 Å². The summed E-state index contributed by atoms with van der Waals surface area (Å²) in [6.45, 7) is 1.12. The molecule has 0 aromatic heterocycles. The molecule has 9 heteroatoms. The van der Waals surface area contributed by atoms with E-state index in [1.807, 2.05) is 0 Å². The molecule has 3 amide bonds. The number of hydrogen-bond donors (Lipinski definition) is 0. The number of thioether (sulfide) groups is 1. The van der Waals surface area contributed by atoms with Crippen LogP contribution in [0.1, 0.15) is 24.8 Å². The summed E-state index contributed by atoms with van der Waals surface area (Å²) in [6, 6.07) is 3.29.